The highest BCUT2D eigenvalue weighted by atomic mass is 32.2. The van der Waals surface area contributed by atoms with Gasteiger partial charge >= 0.3 is 6.03 Å². The van der Waals surface area contributed by atoms with Crippen LogP contribution in [-0.4, -0.2) is 44.7 Å². The number of aromatic nitrogens is 1. The summed E-state index contributed by atoms with van der Waals surface area (Å²) in [4.78, 5) is 20.6. The van der Waals surface area contributed by atoms with Crippen LogP contribution in [0.3, 0.4) is 0 Å². The number of pyridine rings is 1. The first-order valence-corrected chi connectivity index (χ1v) is 9.60. The van der Waals surface area contributed by atoms with Gasteiger partial charge in [0.05, 0.1) is 12.2 Å². The highest BCUT2D eigenvalue weighted by molar-refractivity contribution is 7.85. The molecule has 0 unspecified atom stereocenters. The van der Waals surface area contributed by atoms with Crippen molar-refractivity contribution in [3.05, 3.63) is 59.7 Å². The van der Waals surface area contributed by atoms with Crippen LogP contribution in [0.15, 0.2) is 42.6 Å². The molecule has 1 fully saturated rings. The largest absolute Gasteiger partial charge is 0.324 e. The molecule has 3 rings (SSSR count). The van der Waals surface area contributed by atoms with Crippen LogP contribution in [0.2, 0.25) is 0 Å². The van der Waals surface area contributed by atoms with E-state index < -0.39 is 10.8 Å². The lowest BCUT2D eigenvalue weighted by Crippen LogP contribution is -2.48. The molecule has 0 aliphatic carbocycles. The van der Waals surface area contributed by atoms with Gasteiger partial charge in [-0.05, 0) is 42.8 Å². The summed E-state index contributed by atoms with van der Waals surface area (Å²) in [6, 6.07) is 9.50. The van der Waals surface area contributed by atoms with Crippen molar-refractivity contribution in [2.75, 3.05) is 29.5 Å². The van der Waals surface area contributed by atoms with Gasteiger partial charge in [-0.1, -0.05) is 6.07 Å². The minimum absolute atomic E-state index is 0.175. The SMILES string of the molecule is Cc1ccc(CN(C(=O)N2CCS(=O)CC2)c2ccc(F)cc2)nc1. The summed E-state index contributed by atoms with van der Waals surface area (Å²) >= 11 is 0. The van der Waals surface area contributed by atoms with Crippen LogP contribution in [-0.2, 0) is 17.3 Å². The van der Waals surface area contributed by atoms with Gasteiger partial charge in [0, 0.05) is 47.3 Å². The molecule has 0 N–H and O–H groups in total. The zero-order chi connectivity index (χ0) is 17.8. The summed E-state index contributed by atoms with van der Waals surface area (Å²) in [5.74, 6) is 0.635. The molecule has 0 spiro atoms. The van der Waals surface area contributed by atoms with Crippen molar-refractivity contribution >= 4 is 22.5 Å². The van der Waals surface area contributed by atoms with Gasteiger partial charge in [0.1, 0.15) is 5.82 Å². The maximum absolute atomic E-state index is 13.3. The Kier molecular flexibility index (Phi) is 5.43. The number of hydrogen-bond acceptors (Lipinski definition) is 3. The first kappa shape index (κ1) is 17.5. The lowest BCUT2D eigenvalue weighted by Gasteiger charge is -2.32. The number of aryl methyl sites for hydroxylation is 1. The second kappa shape index (κ2) is 7.74. The first-order chi connectivity index (χ1) is 12.0. The summed E-state index contributed by atoms with van der Waals surface area (Å²) < 4.78 is 24.8. The Morgan fingerprint density at radius 3 is 2.48 bits per heavy atom. The molecule has 25 heavy (non-hydrogen) atoms. The van der Waals surface area contributed by atoms with Gasteiger partial charge in [-0.3, -0.25) is 14.1 Å². The molecule has 5 nitrogen and oxygen atoms in total. The monoisotopic (exact) mass is 361 g/mol. The van der Waals surface area contributed by atoms with E-state index in [4.69, 9.17) is 0 Å². The Morgan fingerprint density at radius 2 is 1.88 bits per heavy atom. The van der Waals surface area contributed by atoms with E-state index >= 15 is 0 Å². The molecule has 1 aromatic heterocycles. The highest BCUT2D eigenvalue weighted by Crippen LogP contribution is 2.20. The lowest BCUT2D eigenvalue weighted by molar-refractivity contribution is 0.209. The maximum Gasteiger partial charge on any atom is 0.324 e. The highest BCUT2D eigenvalue weighted by Gasteiger charge is 2.26. The second-order valence-corrected chi connectivity index (χ2v) is 7.70. The number of halogens is 1. The summed E-state index contributed by atoms with van der Waals surface area (Å²) in [6.07, 6.45) is 1.76. The van der Waals surface area contributed by atoms with Crippen LogP contribution in [0.4, 0.5) is 14.9 Å². The number of benzene rings is 1. The zero-order valence-electron chi connectivity index (χ0n) is 14.0. The fourth-order valence-electron chi connectivity index (χ4n) is 2.64. The normalized spacial score (nSPS) is 15.2. The van der Waals surface area contributed by atoms with E-state index in [-0.39, 0.29) is 11.8 Å². The van der Waals surface area contributed by atoms with E-state index in [9.17, 15) is 13.4 Å². The summed E-state index contributed by atoms with van der Waals surface area (Å²) in [7, 11) is -0.853. The smallest absolute Gasteiger partial charge is 0.323 e. The summed E-state index contributed by atoms with van der Waals surface area (Å²) in [5, 5.41) is 0. The van der Waals surface area contributed by atoms with Crippen LogP contribution in [0, 0.1) is 12.7 Å². The number of rotatable bonds is 3. The van der Waals surface area contributed by atoms with Crippen molar-refractivity contribution in [2.24, 2.45) is 0 Å². The molecule has 0 saturated carbocycles. The van der Waals surface area contributed by atoms with E-state index in [2.05, 4.69) is 4.98 Å². The lowest BCUT2D eigenvalue weighted by atomic mass is 10.2. The number of anilines is 1. The van der Waals surface area contributed by atoms with E-state index in [0.717, 1.165) is 11.3 Å². The molecule has 2 heterocycles. The van der Waals surface area contributed by atoms with Gasteiger partial charge in [-0.15, -0.1) is 0 Å². The molecule has 1 aliphatic heterocycles. The average molecular weight is 361 g/mol. The molecule has 1 saturated heterocycles. The number of nitrogens with zero attached hydrogens (tertiary/aromatic N) is 3. The van der Waals surface area contributed by atoms with Crippen LogP contribution < -0.4 is 4.90 Å². The second-order valence-electron chi connectivity index (χ2n) is 6.01. The molecule has 2 aromatic rings. The Hall–Kier alpha value is -2.28. The van der Waals surface area contributed by atoms with Crippen molar-refractivity contribution in [1.29, 1.82) is 0 Å². The number of carbonyl (C=O) groups is 1. The van der Waals surface area contributed by atoms with Crippen molar-refractivity contribution in [2.45, 2.75) is 13.5 Å². The number of amides is 2. The Bertz CT molecular complexity index is 755. The van der Waals surface area contributed by atoms with Crippen molar-refractivity contribution in [3.63, 3.8) is 0 Å². The third-order valence-corrected chi connectivity index (χ3v) is 5.39. The van der Waals surface area contributed by atoms with Gasteiger partial charge in [0.15, 0.2) is 0 Å². The third-order valence-electron chi connectivity index (χ3n) is 4.11. The molecule has 1 aromatic carbocycles. The van der Waals surface area contributed by atoms with Crippen LogP contribution in [0.5, 0.6) is 0 Å². The number of hydrogen-bond donors (Lipinski definition) is 0. The Balaban J connectivity index is 1.85. The van der Waals surface area contributed by atoms with Crippen molar-refractivity contribution in [1.82, 2.24) is 9.88 Å². The number of urea groups is 1. The molecule has 0 radical (unpaired) electrons. The zero-order valence-corrected chi connectivity index (χ0v) is 14.8. The molecular weight excluding hydrogens is 341 g/mol. The van der Waals surface area contributed by atoms with Crippen LogP contribution in [0.25, 0.3) is 0 Å². The Labute approximate surface area is 148 Å². The first-order valence-electron chi connectivity index (χ1n) is 8.11. The standard InChI is InChI=1S/C18H20FN3O2S/c1-14-2-5-16(20-12-14)13-22(17-6-3-15(19)4-7-17)18(23)21-8-10-25(24)11-9-21/h2-7,12H,8-11,13H2,1H3. The van der Waals surface area contributed by atoms with E-state index in [0.29, 0.717) is 36.8 Å². The summed E-state index contributed by atoms with van der Waals surface area (Å²) in [6.45, 7) is 3.17. The van der Waals surface area contributed by atoms with Gasteiger partial charge in [0.2, 0.25) is 0 Å². The third kappa shape index (κ3) is 4.42. The molecule has 2 amide bonds. The molecule has 1 aliphatic rings. The predicted molar refractivity (Wildman–Crippen MR) is 96.4 cm³/mol. The number of carbonyl (C=O) groups excluding carboxylic acids is 1. The molecule has 0 atom stereocenters. The molecular formula is C18H20FN3O2S. The molecule has 132 valence electrons. The van der Waals surface area contributed by atoms with E-state index in [1.165, 1.54) is 12.1 Å². The van der Waals surface area contributed by atoms with Gasteiger partial charge in [-0.2, -0.15) is 0 Å². The molecule has 0 bridgehead atoms. The van der Waals surface area contributed by atoms with Crippen LogP contribution >= 0.6 is 0 Å². The fraction of sp³-hybridized carbons (Fsp3) is 0.333. The van der Waals surface area contributed by atoms with Crippen molar-refractivity contribution < 1.29 is 13.4 Å². The van der Waals surface area contributed by atoms with Gasteiger partial charge in [-0.25, -0.2) is 9.18 Å². The van der Waals surface area contributed by atoms with E-state index in [1.54, 1.807) is 28.1 Å². The maximum atomic E-state index is 13.3. The Morgan fingerprint density at radius 1 is 1.20 bits per heavy atom. The minimum atomic E-state index is -0.853. The quantitative estimate of drug-likeness (QED) is 0.845. The fourth-order valence-corrected chi connectivity index (χ4v) is 3.70. The minimum Gasteiger partial charge on any atom is -0.323 e. The van der Waals surface area contributed by atoms with Crippen molar-refractivity contribution in [3.8, 4) is 0 Å². The van der Waals surface area contributed by atoms with E-state index in [1.807, 2.05) is 19.1 Å². The summed E-state index contributed by atoms with van der Waals surface area (Å²) in [5.41, 5.74) is 2.41. The van der Waals surface area contributed by atoms with Gasteiger partial charge < -0.3 is 4.90 Å². The van der Waals surface area contributed by atoms with Gasteiger partial charge in [0.25, 0.3) is 0 Å². The topological polar surface area (TPSA) is 53.5 Å². The van der Waals surface area contributed by atoms with Crippen LogP contribution in [0.1, 0.15) is 11.3 Å². The molecule has 7 heteroatoms. The average Bonchev–Trinajstić information content (AvgIpc) is 2.62. The predicted octanol–water partition coefficient (Wildman–Crippen LogP) is 2.72.